The minimum absolute atomic E-state index is 0.193. The molecule has 2 aromatic carbocycles. The highest BCUT2D eigenvalue weighted by Gasteiger charge is 2.27. The molecule has 1 amide bonds. The van der Waals surface area contributed by atoms with Crippen molar-refractivity contribution in [1.29, 1.82) is 0 Å². The normalized spacial score (nSPS) is 11.8. The summed E-state index contributed by atoms with van der Waals surface area (Å²) in [5, 5.41) is 3.56. The molecular weight excluding hydrogens is 412 g/mol. The summed E-state index contributed by atoms with van der Waals surface area (Å²) in [6, 6.07) is 11.0. The highest BCUT2D eigenvalue weighted by atomic mass is 16.5. The fraction of sp³-hybridized carbons (Fsp3) is 0.292. The predicted molar refractivity (Wildman–Crippen MR) is 121 cm³/mol. The minimum atomic E-state index is -0.835. The molecule has 168 valence electrons. The van der Waals surface area contributed by atoms with Crippen LogP contribution >= 0.6 is 0 Å². The van der Waals surface area contributed by atoms with Crippen molar-refractivity contribution >= 4 is 22.6 Å². The van der Waals surface area contributed by atoms with Gasteiger partial charge >= 0.3 is 5.97 Å². The molecule has 32 heavy (non-hydrogen) atoms. The molecule has 0 aliphatic rings. The molecule has 1 aromatic heterocycles. The smallest absolute Gasteiger partial charge is 0.328 e. The third-order valence-corrected chi connectivity index (χ3v) is 5.22. The van der Waals surface area contributed by atoms with Crippen molar-refractivity contribution in [2.24, 2.45) is 5.92 Å². The Kier molecular flexibility index (Phi) is 6.82. The average Bonchev–Trinajstić information content (AvgIpc) is 2.81. The van der Waals surface area contributed by atoms with E-state index in [0.717, 1.165) is 0 Å². The van der Waals surface area contributed by atoms with E-state index in [-0.39, 0.29) is 17.0 Å². The van der Waals surface area contributed by atoms with E-state index in [1.165, 1.54) is 32.1 Å². The van der Waals surface area contributed by atoms with E-state index in [0.29, 0.717) is 28.0 Å². The Hall–Kier alpha value is -3.81. The van der Waals surface area contributed by atoms with Crippen LogP contribution in [0.5, 0.6) is 11.5 Å². The number of methoxy groups -OCH3 is 3. The molecule has 0 aliphatic carbocycles. The second kappa shape index (κ2) is 9.55. The van der Waals surface area contributed by atoms with Crippen molar-refractivity contribution in [2.75, 3.05) is 21.3 Å². The average molecular weight is 438 g/mol. The first-order valence-corrected chi connectivity index (χ1v) is 10.1. The number of carbonyl (C=O) groups excluding carboxylic acids is 2. The van der Waals surface area contributed by atoms with E-state index in [1.54, 1.807) is 42.5 Å². The molecule has 1 N–H and O–H groups in total. The molecule has 8 nitrogen and oxygen atoms in total. The standard InChI is InChI=1S/C24H26N2O6/c1-14(2)21(24(29)32-5)25-22(27)18-13-26(23(28)17-9-7-6-8-16(17)18)19-12-15(30-3)10-11-20(19)31-4/h6-14,21H,1-5H3,(H,25,27). The lowest BCUT2D eigenvalue weighted by Gasteiger charge is -2.21. The first kappa shape index (κ1) is 22.9. The summed E-state index contributed by atoms with van der Waals surface area (Å²) in [5.41, 5.74) is 0.335. The maximum atomic E-state index is 13.3. The molecule has 0 radical (unpaired) electrons. The maximum absolute atomic E-state index is 13.3. The summed E-state index contributed by atoms with van der Waals surface area (Å²) in [6.45, 7) is 3.62. The van der Waals surface area contributed by atoms with Crippen LogP contribution in [-0.2, 0) is 9.53 Å². The summed E-state index contributed by atoms with van der Waals surface area (Å²) in [5.74, 6) is -0.273. The number of ether oxygens (including phenoxy) is 3. The fourth-order valence-electron chi connectivity index (χ4n) is 3.48. The number of carbonyl (C=O) groups is 2. The van der Waals surface area contributed by atoms with Crippen LogP contribution in [-0.4, -0.2) is 43.8 Å². The van der Waals surface area contributed by atoms with E-state index in [9.17, 15) is 14.4 Å². The zero-order chi connectivity index (χ0) is 23.4. The van der Waals surface area contributed by atoms with Crippen LogP contribution in [0.3, 0.4) is 0 Å². The van der Waals surface area contributed by atoms with E-state index in [4.69, 9.17) is 14.2 Å². The van der Waals surface area contributed by atoms with Crippen LogP contribution in [0.1, 0.15) is 24.2 Å². The summed E-state index contributed by atoms with van der Waals surface area (Å²) in [7, 11) is 4.29. The number of aromatic nitrogens is 1. The van der Waals surface area contributed by atoms with Gasteiger partial charge in [-0.3, -0.25) is 14.2 Å². The van der Waals surface area contributed by atoms with Crippen molar-refractivity contribution in [3.8, 4) is 17.2 Å². The molecule has 0 aliphatic heterocycles. The zero-order valence-corrected chi connectivity index (χ0v) is 18.7. The van der Waals surface area contributed by atoms with Crippen molar-refractivity contribution in [3.63, 3.8) is 0 Å². The molecular formula is C24H26N2O6. The number of hydrogen-bond acceptors (Lipinski definition) is 6. The van der Waals surface area contributed by atoms with Gasteiger partial charge in [-0.15, -0.1) is 0 Å². The van der Waals surface area contributed by atoms with Crippen LogP contribution in [0.2, 0.25) is 0 Å². The molecule has 1 unspecified atom stereocenters. The van der Waals surface area contributed by atoms with Gasteiger partial charge < -0.3 is 19.5 Å². The number of rotatable bonds is 7. The Bertz CT molecular complexity index is 1210. The number of pyridine rings is 1. The summed E-state index contributed by atoms with van der Waals surface area (Å²) in [4.78, 5) is 38.8. The second-order valence-corrected chi connectivity index (χ2v) is 7.52. The topological polar surface area (TPSA) is 95.9 Å². The highest BCUT2D eigenvalue weighted by molar-refractivity contribution is 6.07. The molecule has 1 atom stereocenters. The molecule has 0 spiro atoms. The van der Waals surface area contributed by atoms with Crippen LogP contribution in [0.4, 0.5) is 0 Å². The van der Waals surface area contributed by atoms with Gasteiger partial charge in [0.25, 0.3) is 11.5 Å². The van der Waals surface area contributed by atoms with Gasteiger partial charge in [0.05, 0.1) is 32.6 Å². The van der Waals surface area contributed by atoms with Gasteiger partial charge in [-0.05, 0) is 24.1 Å². The van der Waals surface area contributed by atoms with Gasteiger partial charge in [0.15, 0.2) is 0 Å². The summed E-state index contributed by atoms with van der Waals surface area (Å²) >= 11 is 0. The number of benzene rings is 2. The van der Waals surface area contributed by atoms with Gasteiger partial charge in [-0.1, -0.05) is 32.0 Å². The molecule has 8 heteroatoms. The van der Waals surface area contributed by atoms with Crippen molar-refractivity contribution in [2.45, 2.75) is 19.9 Å². The quantitative estimate of drug-likeness (QED) is 0.570. The number of nitrogens with zero attached hydrogens (tertiary/aromatic N) is 1. The predicted octanol–water partition coefficient (Wildman–Crippen LogP) is 2.94. The third kappa shape index (κ3) is 4.30. The Balaban J connectivity index is 2.23. The molecule has 0 saturated carbocycles. The number of hydrogen-bond donors (Lipinski definition) is 1. The molecule has 0 bridgehead atoms. The largest absolute Gasteiger partial charge is 0.497 e. The Labute approximate surface area is 185 Å². The van der Waals surface area contributed by atoms with Gasteiger partial charge in [0, 0.05) is 23.0 Å². The molecule has 1 heterocycles. The summed E-state index contributed by atoms with van der Waals surface area (Å²) < 4.78 is 16.9. The van der Waals surface area contributed by atoms with E-state index >= 15 is 0 Å². The second-order valence-electron chi connectivity index (χ2n) is 7.52. The Morgan fingerprint density at radius 3 is 2.25 bits per heavy atom. The van der Waals surface area contributed by atoms with Crippen molar-refractivity contribution in [3.05, 3.63) is 64.6 Å². The minimum Gasteiger partial charge on any atom is -0.497 e. The van der Waals surface area contributed by atoms with Crippen LogP contribution < -0.4 is 20.3 Å². The highest BCUT2D eigenvalue weighted by Crippen LogP contribution is 2.28. The molecule has 3 rings (SSSR count). The van der Waals surface area contributed by atoms with Gasteiger partial charge in [-0.25, -0.2) is 4.79 Å². The van der Waals surface area contributed by atoms with Crippen molar-refractivity contribution in [1.82, 2.24) is 9.88 Å². The van der Waals surface area contributed by atoms with Crippen LogP contribution in [0.15, 0.2) is 53.5 Å². The van der Waals surface area contributed by atoms with Gasteiger partial charge in [0.2, 0.25) is 0 Å². The number of nitrogens with one attached hydrogen (secondary N) is 1. The van der Waals surface area contributed by atoms with Crippen molar-refractivity contribution < 1.29 is 23.8 Å². The van der Waals surface area contributed by atoms with E-state index < -0.39 is 17.9 Å². The molecule has 0 fully saturated rings. The SMILES string of the molecule is COC(=O)C(NC(=O)c1cn(-c2cc(OC)ccc2OC)c(=O)c2ccccc12)C(C)C. The first-order valence-electron chi connectivity index (χ1n) is 10.1. The lowest BCUT2D eigenvalue weighted by atomic mass is 10.0. The van der Waals surface area contributed by atoms with E-state index in [2.05, 4.69) is 5.32 Å². The zero-order valence-electron chi connectivity index (χ0n) is 18.7. The number of esters is 1. The van der Waals surface area contributed by atoms with Gasteiger partial charge in [-0.2, -0.15) is 0 Å². The fourth-order valence-corrected chi connectivity index (χ4v) is 3.48. The van der Waals surface area contributed by atoms with Crippen LogP contribution in [0, 0.1) is 5.92 Å². The number of fused-ring (bicyclic) bond motifs is 1. The monoisotopic (exact) mass is 438 g/mol. The first-order chi connectivity index (χ1) is 15.3. The molecule has 0 saturated heterocycles. The van der Waals surface area contributed by atoms with Gasteiger partial charge in [0.1, 0.15) is 17.5 Å². The number of amides is 1. The lowest BCUT2D eigenvalue weighted by molar-refractivity contribution is -0.144. The van der Waals surface area contributed by atoms with Crippen LogP contribution in [0.25, 0.3) is 16.5 Å². The third-order valence-electron chi connectivity index (χ3n) is 5.22. The lowest BCUT2D eigenvalue weighted by Crippen LogP contribution is -2.45. The molecule has 3 aromatic rings. The maximum Gasteiger partial charge on any atom is 0.328 e. The summed E-state index contributed by atoms with van der Waals surface area (Å²) in [6.07, 6.45) is 1.45. The van der Waals surface area contributed by atoms with E-state index in [1.807, 2.05) is 13.8 Å². The Morgan fingerprint density at radius 1 is 0.969 bits per heavy atom. The Morgan fingerprint density at radius 2 is 1.66 bits per heavy atom.